The van der Waals surface area contributed by atoms with Gasteiger partial charge in [-0.25, -0.2) is 4.79 Å². The minimum absolute atomic E-state index is 0.123. The van der Waals surface area contributed by atoms with Crippen LogP contribution in [0.3, 0.4) is 0 Å². The molecule has 3 heteroatoms. The zero-order valence-corrected chi connectivity index (χ0v) is 17.6. The maximum absolute atomic E-state index is 13.0. The van der Waals surface area contributed by atoms with E-state index in [9.17, 15) is 4.79 Å². The predicted molar refractivity (Wildman–Crippen MR) is 118 cm³/mol. The van der Waals surface area contributed by atoms with Gasteiger partial charge in [-0.1, -0.05) is 29.8 Å². The number of rotatable bonds is 4. The van der Waals surface area contributed by atoms with Gasteiger partial charge in [0.1, 0.15) is 11.0 Å². The first-order valence-electron chi connectivity index (χ1n) is 9.96. The molecule has 1 aliphatic carbocycles. The molecule has 2 atom stereocenters. The minimum atomic E-state index is -0.504. The van der Waals surface area contributed by atoms with Gasteiger partial charge in [0, 0.05) is 33.9 Å². The van der Waals surface area contributed by atoms with Gasteiger partial charge in [0.15, 0.2) is 9.60 Å². The Labute approximate surface area is 169 Å². The van der Waals surface area contributed by atoms with Crippen LogP contribution >= 0.6 is 10.5 Å². The molecule has 0 amide bonds. The van der Waals surface area contributed by atoms with Crippen molar-refractivity contribution in [1.29, 1.82) is 0 Å². The van der Waals surface area contributed by atoms with Gasteiger partial charge in [0.05, 0.1) is 5.56 Å². The Kier molecular flexibility index (Phi) is 5.11. The molecule has 0 bridgehead atoms. The fourth-order valence-corrected chi connectivity index (χ4v) is 6.22. The molecular weight excluding hydrogens is 364 g/mol. The third-order valence-corrected chi connectivity index (χ3v) is 7.79. The predicted octanol–water partition coefficient (Wildman–Crippen LogP) is 7.26. The molecular formula is C25H27O2S+. The molecule has 1 aromatic heterocycles. The molecule has 1 heterocycles. The lowest BCUT2D eigenvalue weighted by Gasteiger charge is -2.36. The highest BCUT2D eigenvalue weighted by Gasteiger charge is 2.35. The van der Waals surface area contributed by atoms with E-state index in [2.05, 4.69) is 54.8 Å². The Morgan fingerprint density at radius 1 is 1.11 bits per heavy atom. The van der Waals surface area contributed by atoms with Gasteiger partial charge in [-0.15, -0.1) is 0 Å². The minimum Gasteiger partial charge on any atom is -0.455 e. The molecule has 2 nitrogen and oxygen atoms in total. The van der Waals surface area contributed by atoms with Crippen LogP contribution in [0.15, 0.2) is 71.6 Å². The van der Waals surface area contributed by atoms with Crippen molar-refractivity contribution < 1.29 is 9.53 Å². The molecule has 0 radical (unpaired) electrons. The summed E-state index contributed by atoms with van der Waals surface area (Å²) in [7, 11) is -0.123. The first kappa shape index (κ1) is 18.9. The zero-order valence-electron chi connectivity index (χ0n) is 16.8. The molecule has 0 fully saturated rings. The number of esters is 1. The van der Waals surface area contributed by atoms with Crippen molar-refractivity contribution in [3.63, 3.8) is 0 Å². The van der Waals surface area contributed by atoms with Crippen molar-refractivity contribution in [2.24, 2.45) is 5.92 Å². The van der Waals surface area contributed by atoms with Crippen LogP contribution in [0.25, 0.3) is 15.0 Å². The van der Waals surface area contributed by atoms with Crippen LogP contribution in [-0.4, -0.2) is 11.6 Å². The average Bonchev–Trinajstić information content (AvgIpc) is 3.12. The zero-order chi connectivity index (χ0) is 19.7. The number of carbonyl (C=O) groups is 1. The van der Waals surface area contributed by atoms with E-state index in [1.807, 2.05) is 32.0 Å². The van der Waals surface area contributed by atoms with Gasteiger partial charge in [0.2, 0.25) is 0 Å². The van der Waals surface area contributed by atoms with E-state index in [0.717, 1.165) is 24.2 Å². The first-order chi connectivity index (χ1) is 13.5. The van der Waals surface area contributed by atoms with Crippen molar-refractivity contribution in [1.82, 2.24) is 0 Å². The number of carbonyl (C=O) groups excluding carboxylic acids is 1. The molecule has 2 aromatic carbocycles. The van der Waals surface area contributed by atoms with E-state index in [0.29, 0.717) is 11.5 Å². The Morgan fingerprint density at radius 2 is 1.93 bits per heavy atom. The summed E-state index contributed by atoms with van der Waals surface area (Å²) in [5.74, 6) is 0.0604. The summed E-state index contributed by atoms with van der Waals surface area (Å²) >= 11 is 0. The second-order valence-electron chi connectivity index (χ2n) is 8.13. The summed E-state index contributed by atoms with van der Waals surface area (Å²) in [5, 5.41) is 3.49. The molecule has 2 unspecified atom stereocenters. The van der Waals surface area contributed by atoms with Gasteiger partial charge in [-0.2, -0.15) is 0 Å². The third-order valence-electron chi connectivity index (χ3n) is 5.77. The van der Waals surface area contributed by atoms with E-state index in [1.54, 1.807) is 0 Å². The maximum atomic E-state index is 13.0. The Morgan fingerprint density at radius 3 is 2.75 bits per heavy atom. The standard InChI is InChI=1S/C25H27O2S/c1-18-9-4-6-13-22(18)25(2,3)27-24(26)20-11-8-12-21(17-20)28-16-15-19-10-5-7-14-23(19)28/h5,7-12,14-17,22H,4,6,13H2,1-3H3/q+1. The average molecular weight is 392 g/mol. The van der Waals surface area contributed by atoms with Crippen molar-refractivity contribution in [2.75, 3.05) is 0 Å². The van der Waals surface area contributed by atoms with E-state index in [4.69, 9.17) is 4.74 Å². The van der Waals surface area contributed by atoms with Gasteiger partial charge in [-0.05, 0) is 64.3 Å². The van der Waals surface area contributed by atoms with Crippen molar-refractivity contribution in [3.05, 3.63) is 77.2 Å². The third kappa shape index (κ3) is 3.64. The number of ether oxygens (including phenoxy) is 1. The highest BCUT2D eigenvalue weighted by molar-refractivity contribution is 7.43. The van der Waals surface area contributed by atoms with Crippen LogP contribution in [0.1, 0.15) is 50.4 Å². The van der Waals surface area contributed by atoms with Gasteiger partial charge in [0.25, 0.3) is 0 Å². The van der Waals surface area contributed by atoms with Crippen molar-refractivity contribution in [3.8, 4) is 4.90 Å². The van der Waals surface area contributed by atoms with Crippen LogP contribution in [0.2, 0.25) is 0 Å². The van der Waals surface area contributed by atoms with Crippen LogP contribution in [0.4, 0.5) is 0 Å². The van der Waals surface area contributed by atoms with Crippen molar-refractivity contribution in [2.45, 2.75) is 45.6 Å². The first-order valence-corrected chi connectivity index (χ1v) is 11.2. The monoisotopic (exact) mass is 391 g/mol. The molecule has 4 rings (SSSR count). The van der Waals surface area contributed by atoms with E-state index in [1.165, 1.54) is 15.7 Å². The van der Waals surface area contributed by atoms with Crippen LogP contribution in [0.5, 0.6) is 0 Å². The lowest BCUT2D eigenvalue weighted by Crippen LogP contribution is -2.38. The van der Waals surface area contributed by atoms with E-state index < -0.39 is 5.60 Å². The topological polar surface area (TPSA) is 26.3 Å². The largest absolute Gasteiger partial charge is 0.455 e. The van der Waals surface area contributed by atoms with E-state index in [-0.39, 0.29) is 16.4 Å². The summed E-state index contributed by atoms with van der Waals surface area (Å²) in [5.41, 5.74) is 1.47. The number of thiophene rings is 1. The summed E-state index contributed by atoms with van der Waals surface area (Å²) in [6, 6.07) is 18.5. The number of fused-ring (bicyclic) bond motifs is 1. The normalized spacial score (nSPS) is 18.0. The molecule has 3 aromatic rings. The summed E-state index contributed by atoms with van der Waals surface area (Å²) in [6.07, 6.45) is 5.65. The van der Waals surface area contributed by atoms with Gasteiger partial charge < -0.3 is 4.74 Å². The summed E-state index contributed by atoms with van der Waals surface area (Å²) < 4.78 is 7.34. The molecule has 0 N–H and O–H groups in total. The molecule has 0 spiro atoms. The smallest absolute Gasteiger partial charge is 0.338 e. The van der Waals surface area contributed by atoms with Gasteiger partial charge in [-0.3, -0.25) is 0 Å². The Balaban J connectivity index is 1.60. The number of hydrogen-bond donors (Lipinski definition) is 0. The Bertz CT molecular complexity index is 1040. The van der Waals surface area contributed by atoms with Crippen LogP contribution < -0.4 is 0 Å². The summed E-state index contributed by atoms with van der Waals surface area (Å²) in [6.45, 7) is 6.24. The van der Waals surface area contributed by atoms with E-state index >= 15 is 0 Å². The molecule has 0 saturated carbocycles. The Hall–Kier alpha value is -2.39. The SMILES string of the molecule is CC1=CCCCC1C(C)(C)OC(=O)c1cccc(-[s+]2ccc3ccccc32)c1. The fourth-order valence-electron chi connectivity index (χ4n) is 4.29. The number of benzene rings is 2. The fraction of sp³-hybridized carbons (Fsp3) is 0.320. The highest BCUT2D eigenvalue weighted by atomic mass is 32.2. The lowest BCUT2D eigenvalue weighted by molar-refractivity contribution is -0.0249. The molecule has 1 aliphatic rings. The van der Waals surface area contributed by atoms with Crippen LogP contribution in [-0.2, 0) is 4.74 Å². The van der Waals surface area contributed by atoms with Crippen molar-refractivity contribution >= 4 is 26.5 Å². The molecule has 144 valence electrons. The quantitative estimate of drug-likeness (QED) is 0.266. The maximum Gasteiger partial charge on any atom is 0.338 e. The van der Waals surface area contributed by atoms with Gasteiger partial charge >= 0.3 is 5.97 Å². The van der Waals surface area contributed by atoms with Crippen LogP contribution in [0, 0.1) is 5.92 Å². The second kappa shape index (κ2) is 7.56. The highest BCUT2D eigenvalue weighted by Crippen LogP contribution is 2.40. The second-order valence-corrected chi connectivity index (χ2v) is 9.99. The molecule has 0 saturated heterocycles. The molecule has 0 aliphatic heterocycles. The molecule has 28 heavy (non-hydrogen) atoms. The summed E-state index contributed by atoms with van der Waals surface area (Å²) in [4.78, 5) is 14.1. The lowest BCUT2D eigenvalue weighted by atomic mass is 9.78. The number of allylic oxidation sites excluding steroid dienone is 1. The number of hydrogen-bond acceptors (Lipinski definition) is 2.